The molecule has 0 aliphatic heterocycles. The first kappa shape index (κ1) is 43.1. The predicted octanol–water partition coefficient (Wildman–Crippen LogP) is 12.7. The maximum Gasteiger partial charge on any atom is 0.500 e. The fourth-order valence-electron chi connectivity index (χ4n) is 6.40. The van der Waals surface area contributed by atoms with E-state index in [1.54, 1.807) is 0 Å². The first-order valence-electron chi connectivity index (χ1n) is 19.8. The van der Waals surface area contributed by atoms with Crippen LogP contribution in [0.3, 0.4) is 0 Å². The molecule has 0 bridgehead atoms. The molecule has 0 rings (SSSR count). The maximum atomic E-state index is 8.80. The van der Waals surface area contributed by atoms with Crippen LogP contribution in [0.1, 0.15) is 213 Å². The Morgan fingerprint density at radius 3 is 0.674 bits per heavy atom. The molecular formula is C38H80O4Si. The van der Waals surface area contributed by atoms with Gasteiger partial charge in [0.1, 0.15) is 0 Å². The molecule has 0 aliphatic carbocycles. The quantitative estimate of drug-likeness (QED) is 0.0546. The smallest absolute Gasteiger partial charge is 0.396 e. The van der Waals surface area contributed by atoms with Crippen LogP contribution in [0.25, 0.3) is 0 Å². The first-order chi connectivity index (χ1) is 21.2. The van der Waals surface area contributed by atoms with Crippen LogP contribution in [0, 0.1) is 0 Å². The van der Waals surface area contributed by atoms with Gasteiger partial charge in [0.05, 0.1) is 0 Å². The summed E-state index contributed by atoms with van der Waals surface area (Å²) in [5, 5.41) is 8.80. The van der Waals surface area contributed by atoms with E-state index < -0.39 is 8.80 Å². The van der Waals surface area contributed by atoms with Crippen molar-refractivity contribution in [2.24, 2.45) is 0 Å². The lowest BCUT2D eigenvalue weighted by molar-refractivity contribution is 0.0706. The molecule has 0 aliphatic rings. The van der Waals surface area contributed by atoms with Gasteiger partial charge in [-0.2, -0.15) is 0 Å². The zero-order valence-electron chi connectivity index (χ0n) is 29.9. The number of unbranched alkanes of at least 4 members (excludes halogenated alkanes) is 29. The molecule has 0 atom stereocenters. The molecule has 0 aromatic heterocycles. The van der Waals surface area contributed by atoms with Crippen molar-refractivity contribution in [1.29, 1.82) is 0 Å². The Hall–Kier alpha value is 0.0569. The van der Waals surface area contributed by atoms with Crippen molar-refractivity contribution in [1.82, 2.24) is 0 Å². The molecule has 0 spiro atoms. The molecule has 260 valence electrons. The minimum atomic E-state index is -2.42. The van der Waals surface area contributed by atoms with Crippen LogP contribution in [0.5, 0.6) is 0 Å². The summed E-state index contributed by atoms with van der Waals surface area (Å²) < 4.78 is 17.9. The van der Waals surface area contributed by atoms with E-state index in [2.05, 4.69) is 0 Å². The van der Waals surface area contributed by atoms with Gasteiger partial charge < -0.3 is 18.4 Å². The van der Waals surface area contributed by atoms with Gasteiger partial charge in [-0.3, -0.25) is 0 Å². The van der Waals surface area contributed by atoms with E-state index in [0.717, 1.165) is 12.5 Å². The van der Waals surface area contributed by atoms with E-state index in [1.807, 2.05) is 20.8 Å². The van der Waals surface area contributed by atoms with Crippen molar-refractivity contribution in [3.8, 4) is 0 Å². The zero-order valence-corrected chi connectivity index (χ0v) is 30.9. The molecule has 0 fully saturated rings. The van der Waals surface area contributed by atoms with Gasteiger partial charge in [-0.1, -0.05) is 180 Å². The average molecular weight is 629 g/mol. The van der Waals surface area contributed by atoms with Gasteiger partial charge in [0.2, 0.25) is 0 Å². The second kappa shape index (κ2) is 36.5. The minimum absolute atomic E-state index is 0.369. The normalized spacial score (nSPS) is 12.0. The average Bonchev–Trinajstić information content (AvgIpc) is 3.00. The lowest BCUT2D eigenvalue weighted by Gasteiger charge is -2.28. The third kappa shape index (κ3) is 31.8. The highest BCUT2D eigenvalue weighted by atomic mass is 28.4. The van der Waals surface area contributed by atoms with E-state index in [4.69, 9.17) is 18.4 Å². The van der Waals surface area contributed by atoms with Gasteiger partial charge in [0, 0.05) is 32.5 Å². The maximum absolute atomic E-state index is 8.80. The summed E-state index contributed by atoms with van der Waals surface area (Å²) in [7, 11) is -2.42. The lowest BCUT2D eigenvalue weighted by Crippen LogP contribution is -2.45. The van der Waals surface area contributed by atoms with Gasteiger partial charge in [-0.05, 0) is 33.6 Å². The summed E-state index contributed by atoms with van der Waals surface area (Å²) >= 11 is 0. The Balaban J connectivity index is 3.24. The van der Waals surface area contributed by atoms with E-state index in [0.29, 0.717) is 26.4 Å². The molecule has 0 saturated heterocycles. The third-order valence-corrected chi connectivity index (χ3v) is 12.1. The summed E-state index contributed by atoms with van der Waals surface area (Å²) in [6, 6.07) is 0.971. The molecule has 0 saturated carbocycles. The number of hydrogen-bond donors (Lipinski definition) is 1. The van der Waals surface area contributed by atoms with Crippen LogP contribution >= 0.6 is 0 Å². The highest BCUT2D eigenvalue weighted by molar-refractivity contribution is 6.60. The van der Waals surface area contributed by atoms with Crippen LogP contribution in [-0.2, 0) is 13.3 Å². The van der Waals surface area contributed by atoms with Gasteiger partial charge in [-0.25, -0.2) is 0 Å². The zero-order chi connectivity index (χ0) is 31.4. The molecule has 0 aromatic carbocycles. The van der Waals surface area contributed by atoms with Crippen LogP contribution < -0.4 is 0 Å². The monoisotopic (exact) mass is 629 g/mol. The fraction of sp³-hybridized carbons (Fsp3) is 1.00. The molecule has 1 N–H and O–H groups in total. The summed E-state index contributed by atoms with van der Waals surface area (Å²) in [6.45, 7) is 8.54. The van der Waals surface area contributed by atoms with Crippen molar-refractivity contribution >= 4 is 8.80 Å². The van der Waals surface area contributed by atoms with Gasteiger partial charge in [-0.15, -0.1) is 0 Å². The number of aliphatic hydroxyl groups is 1. The predicted molar refractivity (Wildman–Crippen MR) is 191 cm³/mol. The molecule has 0 aromatic rings. The number of hydrogen-bond acceptors (Lipinski definition) is 4. The molecule has 5 heteroatoms. The van der Waals surface area contributed by atoms with Crippen molar-refractivity contribution in [3.05, 3.63) is 0 Å². The molecule has 43 heavy (non-hydrogen) atoms. The number of aliphatic hydroxyl groups excluding tert-OH is 1. The summed E-state index contributed by atoms with van der Waals surface area (Å²) in [5.74, 6) is 0. The summed E-state index contributed by atoms with van der Waals surface area (Å²) in [6.07, 6.45) is 41.9. The van der Waals surface area contributed by atoms with Gasteiger partial charge >= 0.3 is 8.80 Å². The van der Waals surface area contributed by atoms with Crippen LogP contribution in [-0.4, -0.2) is 40.3 Å². The summed E-state index contributed by atoms with van der Waals surface area (Å²) in [4.78, 5) is 0. The molecular weight excluding hydrogens is 549 g/mol. The third-order valence-electron chi connectivity index (χ3n) is 8.98. The Morgan fingerprint density at radius 1 is 0.302 bits per heavy atom. The summed E-state index contributed by atoms with van der Waals surface area (Å²) in [5.41, 5.74) is 0. The molecule has 0 unspecified atom stereocenters. The van der Waals surface area contributed by atoms with E-state index in [-0.39, 0.29) is 0 Å². The Morgan fingerprint density at radius 2 is 0.488 bits per heavy atom. The van der Waals surface area contributed by atoms with Crippen LogP contribution in [0.2, 0.25) is 6.04 Å². The van der Waals surface area contributed by atoms with Crippen molar-refractivity contribution < 1.29 is 18.4 Å². The SMILES string of the molecule is CCO[Si](CCCCCCCCCCCCCCCCCCCCCCCCCCCCCCCCO)(OCC)OCC. The molecule has 0 heterocycles. The highest BCUT2D eigenvalue weighted by Gasteiger charge is 2.39. The van der Waals surface area contributed by atoms with E-state index in [9.17, 15) is 0 Å². The second-order valence-electron chi connectivity index (χ2n) is 13.1. The Kier molecular flexibility index (Phi) is 36.6. The Bertz CT molecular complexity index is 487. The molecule has 0 amide bonds. The highest BCUT2D eigenvalue weighted by Crippen LogP contribution is 2.21. The molecule has 4 nitrogen and oxygen atoms in total. The van der Waals surface area contributed by atoms with Crippen LogP contribution in [0.4, 0.5) is 0 Å². The topological polar surface area (TPSA) is 47.9 Å². The standard InChI is InChI=1S/C38H80O4Si/c1-4-40-43(41-5-2,42-6-3)38-36-34-32-30-28-26-24-22-20-18-16-14-12-10-8-7-9-11-13-15-17-19-21-23-25-27-29-31-33-35-37-39/h39H,4-38H2,1-3H3. The lowest BCUT2D eigenvalue weighted by atomic mass is 10.0. The molecule has 0 radical (unpaired) electrons. The van der Waals surface area contributed by atoms with Crippen molar-refractivity contribution in [2.45, 2.75) is 219 Å². The Labute approximate surface area is 272 Å². The van der Waals surface area contributed by atoms with Crippen LogP contribution in [0.15, 0.2) is 0 Å². The van der Waals surface area contributed by atoms with E-state index in [1.165, 1.54) is 186 Å². The fourth-order valence-corrected chi connectivity index (χ4v) is 9.09. The van der Waals surface area contributed by atoms with Gasteiger partial charge in [0.15, 0.2) is 0 Å². The number of rotatable bonds is 38. The largest absolute Gasteiger partial charge is 0.500 e. The first-order valence-corrected chi connectivity index (χ1v) is 21.7. The minimum Gasteiger partial charge on any atom is -0.396 e. The van der Waals surface area contributed by atoms with Gasteiger partial charge in [0.25, 0.3) is 0 Å². The van der Waals surface area contributed by atoms with Crippen molar-refractivity contribution in [2.75, 3.05) is 26.4 Å². The van der Waals surface area contributed by atoms with E-state index >= 15 is 0 Å². The second-order valence-corrected chi connectivity index (χ2v) is 15.8. The van der Waals surface area contributed by atoms with Crippen molar-refractivity contribution in [3.63, 3.8) is 0 Å².